The molecule has 1 aromatic heterocycles. The largest absolute Gasteiger partial charge is 0.382 e. The highest BCUT2D eigenvalue weighted by molar-refractivity contribution is 6.32. The molecule has 5 heteroatoms. The van der Waals surface area contributed by atoms with Crippen molar-refractivity contribution in [2.24, 2.45) is 18.9 Å². The van der Waals surface area contributed by atoms with Crippen molar-refractivity contribution in [1.29, 1.82) is 0 Å². The third kappa shape index (κ3) is 2.15. The average Bonchev–Trinajstić information content (AvgIpc) is 2.90. The van der Waals surface area contributed by atoms with Gasteiger partial charge in [-0.25, -0.2) is 4.68 Å². The molecule has 0 aromatic carbocycles. The lowest BCUT2D eigenvalue weighted by molar-refractivity contribution is 0.706. The zero-order chi connectivity index (χ0) is 11.0. The van der Waals surface area contributed by atoms with Gasteiger partial charge in [-0.1, -0.05) is 18.5 Å². The van der Waals surface area contributed by atoms with Gasteiger partial charge in [0.15, 0.2) is 0 Å². The Morgan fingerprint density at radius 3 is 3.00 bits per heavy atom. The average molecular weight is 228 g/mol. The van der Waals surface area contributed by atoms with Crippen molar-refractivity contribution >= 4 is 17.3 Å². The van der Waals surface area contributed by atoms with Crippen LogP contribution in [0.3, 0.4) is 0 Å². The highest BCUT2D eigenvalue weighted by Gasteiger charge is 2.32. The Kier molecular flexibility index (Phi) is 2.69. The fourth-order valence-corrected chi connectivity index (χ4v) is 1.80. The first kappa shape index (κ1) is 10.5. The number of rotatable bonds is 3. The second-order valence-electron chi connectivity index (χ2n) is 4.15. The van der Waals surface area contributed by atoms with Crippen molar-refractivity contribution in [2.45, 2.75) is 13.3 Å². The Morgan fingerprint density at radius 2 is 2.40 bits per heavy atom. The van der Waals surface area contributed by atoms with Gasteiger partial charge in [0.05, 0.1) is 11.9 Å². The van der Waals surface area contributed by atoms with Crippen LogP contribution in [0.2, 0.25) is 5.02 Å². The van der Waals surface area contributed by atoms with Crippen LogP contribution in [0.1, 0.15) is 13.3 Å². The molecule has 4 nitrogen and oxygen atoms in total. The Morgan fingerprint density at radius 1 is 1.73 bits per heavy atom. The van der Waals surface area contributed by atoms with E-state index in [1.165, 1.54) is 11.1 Å². The fourth-order valence-electron chi connectivity index (χ4n) is 1.56. The minimum absolute atomic E-state index is 0.223. The number of aryl methyl sites for hydroxylation is 1. The predicted molar refractivity (Wildman–Crippen MR) is 60.2 cm³/mol. The molecule has 0 amide bonds. The van der Waals surface area contributed by atoms with Gasteiger partial charge in [0, 0.05) is 13.6 Å². The van der Waals surface area contributed by atoms with Crippen molar-refractivity contribution in [3.8, 4) is 0 Å². The lowest BCUT2D eigenvalue weighted by atomic mass is 10.3. The van der Waals surface area contributed by atoms with Crippen LogP contribution >= 0.6 is 11.6 Å². The minimum atomic E-state index is -0.259. The van der Waals surface area contributed by atoms with Crippen molar-refractivity contribution < 1.29 is 0 Å². The molecular weight excluding hydrogens is 214 g/mol. The lowest BCUT2D eigenvalue weighted by Gasteiger charge is -2.07. The zero-order valence-corrected chi connectivity index (χ0v) is 9.58. The zero-order valence-electron chi connectivity index (χ0n) is 8.83. The molecule has 1 fully saturated rings. The first-order valence-corrected chi connectivity index (χ1v) is 5.43. The van der Waals surface area contributed by atoms with Crippen molar-refractivity contribution in [3.63, 3.8) is 0 Å². The van der Waals surface area contributed by atoms with Crippen LogP contribution in [0.5, 0.6) is 0 Å². The molecule has 15 heavy (non-hydrogen) atoms. The van der Waals surface area contributed by atoms with Gasteiger partial charge in [-0.2, -0.15) is 5.10 Å². The first-order chi connectivity index (χ1) is 7.09. The van der Waals surface area contributed by atoms with E-state index >= 15 is 0 Å². The van der Waals surface area contributed by atoms with E-state index in [9.17, 15) is 4.79 Å². The fraction of sp³-hybridized carbons (Fsp3) is 0.600. The Hall–Kier alpha value is -1.03. The van der Waals surface area contributed by atoms with E-state index in [0.717, 1.165) is 12.5 Å². The molecule has 1 N–H and O–H groups in total. The van der Waals surface area contributed by atoms with E-state index in [1.54, 1.807) is 13.2 Å². The van der Waals surface area contributed by atoms with Gasteiger partial charge in [-0.15, -0.1) is 0 Å². The van der Waals surface area contributed by atoms with Gasteiger partial charge in [-0.3, -0.25) is 4.79 Å². The highest BCUT2D eigenvalue weighted by Crippen LogP contribution is 2.37. The normalized spacial score (nSPS) is 23.9. The van der Waals surface area contributed by atoms with E-state index in [0.29, 0.717) is 11.6 Å². The van der Waals surface area contributed by atoms with Crippen LogP contribution in [0.25, 0.3) is 0 Å². The van der Waals surface area contributed by atoms with Crippen LogP contribution in [0, 0.1) is 11.8 Å². The summed E-state index contributed by atoms with van der Waals surface area (Å²) < 4.78 is 1.23. The summed E-state index contributed by atoms with van der Waals surface area (Å²) in [5.74, 6) is 1.50. The molecule has 0 aliphatic heterocycles. The van der Waals surface area contributed by atoms with Gasteiger partial charge < -0.3 is 5.32 Å². The monoisotopic (exact) mass is 227 g/mol. The summed E-state index contributed by atoms with van der Waals surface area (Å²) in [7, 11) is 1.58. The van der Waals surface area contributed by atoms with Gasteiger partial charge in [0.25, 0.3) is 5.56 Å². The summed E-state index contributed by atoms with van der Waals surface area (Å²) in [6.45, 7) is 3.09. The van der Waals surface area contributed by atoms with E-state index in [-0.39, 0.29) is 10.6 Å². The van der Waals surface area contributed by atoms with Gasteiger partial charge in [-0.05, 0) is 18.3 Å². The van der Waals surface area contributed by atoms with Gasteiger partial charge in [0.1, 0.15) is 5.02 Å². The third-order valence-electron chi connectivity index (χ3n) is 2.91. The number of halogens is 1. The Bertz CT molecular complexity index is 429. The molecule has 2 rings (SSSR count). The predicted octanol–water partition coefficient (Wildman–Crippen LogP) is 1.50. The van der Waals surface area contributed by atoms with Crippen molar-refractivity contribution in [1.82, 2.24) is 9.78 Å². The van der Waals surface area contributed by atoms with E-state index in [2.05, 4.69) is 17.3 Å². The van der Waals surface area contributed by atoms with Crippen LogP contribution in [0.4, 0.5) is 5.69 Å². The van der Waals surface area contributed by atoms with Crippen LogP contribution in [0.15, 0.2) is 11.0 Å². The van der Waals surface area contributed by atoms with Crippen molar-refractivity contribution in [3.05, 3.63) is 21.6 Å². The molecule has 1 aromatic rings. The molecule has 1 heterocycles. The molecule has 0 radical (unpaired) electrons. The quantitative estimate of drug-likeness (QED) is 0.852. The van der Waals surface area contributed by atoms with Crippen LogP contribution in [-0.2, 0) is 7.05 Å². The van der Waals surface area contributed by atoms with Crippen LogP contribution < -0.4 is 10.9 Å². The van der Waals surface area contributed by atoms with E-state index < -0.39 is 0 Å². The molecule has 1 saturated carbocycles. The molecule has 82 valence electrons. The highest BCUT2D eigenvalue weighted by atomic mass is 35.5. The summed E-state index contributed by atoms with van der Waals surface area (Å²) in [5.41, 5.74) is 0.379. The number of nitrogens with one attached hydrogen (secondary N) is 1. The second-order valence-corrected chi connectivity index (χ2v) is 4.53. The van der Waals surface area contributed by atoms with Gasteiger partial charge in [0.2, 0.25) is 0 Å². The molecule has 1 aliphatic carbocycles. The van der Waals surface area contributed by atoms with E-state index in [1.807, 2.05) is 0 Å². The van der Waals surface area contributed by atoms with E-state index in [4.69, 9.17) is 11.6 Å². The molecule has 0 bridgehead atoms. The molecule has 0 saturated heterocycles. The molecule has 2 atom stereocenters. The molecule has 0 spiro atoms. The Balaban J connectivity index is 2.08. The number of hydrogen-bond donors (Lipinski definition) is 1. The minimum Gasteiger partial charge on any atom is -0.382 e. The van der Waals surface area contributed by atoms with Crippen molar-refractivity contribution in [2.75, 3.05) is 11.9 Å². The Labute approximate surface area is 93.2 Å². The van der Waals surface area contributed by atoms with Gasteiger partial charge >= 0.3 is 0 Å². The van der Waals surface area contributed by atoms with Crippen LogP contribution in [-0.4, -0.2) is 16.3 Å². The maximum absolute atomic E-state index is 11.4. The molecular formula is C10H14ClN3O. The topological polar surface area (TPSA) is 46.9 Å². The SMILES string of the molecule is CC1CC1CNc1cnn(C)c(=O)c1Cl. The summed E-state index contributed by atoms with van der Waals surface area (Å²) in [6.07, 6.45) is 2.85. The number of hydrogen-bond acceptors (Lipinski definition) is 3. The standard InChI is InChI=1S/C10H14ClN3O/c1-6-3-7(6)4-12-8-5-13-14(2)10(15)9(8)11/h5-7,12H,3-4H2,1-2H3. The number of aromatic nitrogens is 2. The molecule has 1 aliphatic rings. The summed E-state index contributed by atoms with van der Waals surface area (Å²) in [6, 6.07) is 0. The molecule has 2 unspecified atom stereocenters. The summed E-state index contributed by atoms with van der Waals surface area (Å²) in [4.78, 5) is 11.4. The maximum atomic E-state index is 11.4. The smallest absolute Gasteiger partial charge is 0.287 e. The number of nitrogens with zero attached hydrogens (tertiary/aromatic N) is 2. The summed E-state index contributed by atoms with van der Waals surface area (Å²) >= 11 is 5.90. The number of anilines is 1. The lowest BCUT2D eigenvalue weighted by Crippen LogP contribution is -2.21. The summed E-state index contributed by atoms with van der Waals surface area (Å²) in [5, 5.41) is 7.30. The third-order valence-corrected chi connectivity index (χ3v) is 3.27. The second kappa shape index (κ2) is 3.85. The maximum Gasteiger partial charge on any atom is 0.287 e. The first-order valence-electron chi connectivity index (χ1n) is 5.05.